The molecule has 0 unspecified atom stereocenters. The quantitative estimate of drug-likeness (QED) is 0.144. The van der Waals surface area contributed by atoms with Gasteiger partial charge in [0.15, 0.2) is 0 Å². The van der Waals surface area contributed by atoms with Gasteiger partial charge in [0.25, 0.3) is 0 Å². The van der Waals surface area contributed by atoms with Crippen LogP contribution >= 0.6 is 0 Å². The molecule has 1 heterocycles. The molecule has 11 aromatic carbocycles. The summed E-state index contributed by atoms with van der Waals surface area (Å²) in [5.41, 5.74) is 18.9. The van der Waals surface area contributed by atoms with E-state index in [0.717, 1.165) is 66.8 Å². The Morgan fingerprint density at radius 3 is 1.62 bits per heavy atom. The average Bonchev–Trinajstić information content (AvgIpc) is 3.79. The minimum atomic E-state index is 0.897. The van der Waals surface area contributed by atoms with Gasteiger partial charge >= 0.3 is 0 Å². The number of hydrogen-bond donors (Lipinski definition) is 0. The van der Waals surface area contributed by atoms with Gasteiger partial charge in [-0.05, 0) is 115 Å². The first kappa shape index (κ1) is 38.9. The zero-order chi connectivity index (χ0) is 43.8. The van der Waals surface area contributed by atoms with E-state index in [2.05, 4.69) is 254 Å². The van der Waals surface area contributed by atoms with Crippen LogP contribution in [0.3, 0.4) is 0 Å². The van der Waals surface area contributed by atoms with E-state index in [4.69, 9.17) is 4.42 Å². The third kappa shape index (κ3) is 7.12. The van der Waals surface area contributed by atoms with Crippen molar-refractivity contribution in [1.82, 2.24) is 0 Å². The highest BCUT2D eigenvalue weighted by atomic mass is 16.3. The molecule has 0 radical (unpaired) electrons. The van der Waals surface area contributed by atoms with Crippen molar-refractivity contribution in [2.24, 2.45) is 0 Å². The fourth-order valence-corrected chi connectivity index (χ4v) is 9.68. The lowest BCUT2D eigenvalue weighted by atomic mass is 9.87. The standard InChI is InChI=1S/C64H43NO/c1-3-17-44(18-4-1)51-37-40-54(46-20-5-2-6-21-46)61(43-51)57-26-10-9-25-56(57)58-27-11-13-31-62(58)65(53-24-15-23-49(42-53)50-34-33-45-19-7-8-22-48(45)41-50)52-38-35-47(36-39-52)55-29-16-30-60-59-28-12-14-32-63(59)66-64(55)60/h1-43H. The summed E-state index contributed by atoms with van der Waals surface area (Å²) in [4.78, 5) is 2.42. The van der Waals surface area contributed by atoms with Gasteiger partial charge < -0.3 is 9.32 Å². The maximum atomic E-state index is 6.51. The van der Waals surface area contributed by atoms with Gasteiger partial charge in [-0.2, -0.15) is 0 Å². The van der Waals surface area contributed by atoms with Crippen LogP contribution in [0.1, 0.15) is 0 Å². The second kappa shape index (κ2) is 16.8. The Bertz CT molecular complexity index is 3700. The second-order valence-electron chi connectivity index (χ2n) is 16.8. The van der Waals surface area contributed by atoms with E-state index in [1.54, 1.807) is 0 Å². The third-order valence-corrected chi connectivity index (χ3v) is 12.9. The van der Waals surface area contributed by atoms with Crippen molar-refractivity contribution in [3.63, 3.8) is 0 Å². The van der Waals surface area contributed by atoms with Crippen LogP contribution in [0.2, 0.25) is 0 Å². The zero-order valence-electron chi connectivity index (χ0n) is 36.2. The lowest BCUT2D eigenvalue weighted by Crippen LogP contribution is -2.11. The molecule has 0 amide bonds. The summed E-state index contributed by atoms with van der Waals surface area (Å²) in [6.45, 7) is 0. The fourth-order valence-electron chi connectivity index (χ4n) is 9.68. The van der Waals surface area contributed by atoms with E-state index in [9.17, 15) is 0 Å². The Labute approximate surface area is 384 Å². The molecule has 12 rings (SSSR count). The molecule has 12 aromatic rings. The smallest absolute Gasteiger partial charge is 0.143 e. The van der Waals surface area contributed by atoms with Crippen LogP contribution < -0.4 is 4.90 Å². The van der Waals surface area contributed by atoms with E-state index in [1.807, 2.05) is 12.1 Å². The molecule has 0 atom stereocenters. The molecule has 0 aliphatic rings. The molecule has 0 bridgehead atoms. The van der Waals surface area contributed by atoms with Crippen molar-refractivity contribution in [1.29, 1.82) is 0 Å². The molecule has 0 saturated heterocycles. The summed E-state index contributed by atoms with van der Waals surface area (Å²) in [6.07, 6.45) is 0. The highest BCUT2D eigenvalue weighted by Crippen LogP contribution is 2.47. The molecular weight excluding hydrogens is 799 g/mol. The summed E-state index contributed by atoms with van der Waals surface area (Å²) in [7, 11) is 0. The van der Waals surface area contributed by atoms with Gasteiger partial charge in [0.2, 0.25) is 0 Å². The van der Waals surface area contributed by atoms with Crippen molar-refractivity contribution >= 4 is 49.8 Å². The Morgan fingerprint density at radius 2 is 0.803 bits per heavy atom. The van der Waals surface area contributed by atoms with E-state index < -0.39 is 0 Å². The number of benzene rings is 11. The maximum absolute atomic E-state index is 6.51. The first-order chi connectivity index (χ1) is 32.7. The Hall–Kier alpha value is -8.72. The molecule has 2 heteroatoms. The van der Waals surface area contributed by atoms with Crippen LogP contribution in [0.25, 0.3) is 99.5 Å². The fraction of sp³-hybridized carbons (Fsp3) is 0. The zero-order valence-corrected chi connectivity index (χ0v) is 36.2. The number of fused-ring (bicyclic) bond motifs is 4. The average molecular weight is 842 g/mol. The van der Waals surface area contributed by atoms with Crippen LogP contribution in [-0.2, 0) is 0 Å². The minimum Gasteiger partial charge on any atom is -0.455 e. The lowest BCUT2D eigenvalue weighted by molar-refractivity contribution is 0.670. The van der Waals surface area contributed by atoms with Gasteiger partial charge in [-0.3, -0.25) is 0 Å². The van der Waals surface area contributed by atoms with Crippen molar-refractivity contribution < 1.29 is 4.42 Å². The second-order valence-corrected chi connectivity index (χ2v) is 16.8. The van der Waals surface area contributed by atoms with Crippen molar-refractivity contribution in [2.75, 3.05) is 4.90 Å². The number of nitrogens with zero attached hydrogens (tertiary/aromatic N) is 1. The first-order valence-electron chi connectivity index (χ1n) is 22.6. The minimum absolute atomic E-state index is 0.897. The molecule has 310 valence electrons. The van der Waals surface area contributed by atoms with Crippen LogP contribution in [0.4, 0.5) is 17.1 Å². The molecule has 0 aliphatic heterocycles. The molecule has 0 aliphatic carbocycles. The monoisotopic (exact) mass is 841 g/mol. The van der Waals surface area contributed by atoms with Gasteiger partial charge in [0.1, 0.15) is 11.2 Å². The number of anilines is 3. The first-order valence-corrected chi connectivity index (χ1v) is 22.6. The van der Waals surface area contributed by atoms with Gasteiger partial charge in [0, 0.05) is 33.3 Å². The SMILES string of the molecule is c1ccc(-c2ccc(-c3ccccc3)c(-c3ccccc3-c3ccccc3N(c3ccc(-c4cccc5c4oc4ccccc45)cc3)c3cccc(-c4ccc5ccccc5c4)c3)c2)cc1. The van der Waals surface area contributed by atoms with Gasteiger partial charge in [0.05, 0.1) is 5.69 Å². The molecule has 66 heavy (non-hydrogen) atoms. The summed E-state index contributed by atoms with van der Waals surface area (Å²) < 4.78 is 6.51. The summed E-state index contributed by atoms with van der Waals surface area (Å²) in [5.74, 6) is 0. The Morgan fingerprint density at radius 1 is 0.258 bits per heavy atom. The summed E-state index contributed by atoms with van der Waals surface area (Å²) in [5, 5.41) is 4.70. The summed E-state index contributed by atoms with van der Waals surface area (Å²) in [6, 6.07) is 94.0. The Balaban J connectivity index is 1.04. The molecule has 2 nitrogen and oxygen atoms in total. The van der Waals surface area contributed by atoms with E-state index >= 15 is 0 Å². The molecule has 0 spiro atoms. The number of furan rings is 1. The molecule has 0 fully saturated rings. The highest BCUT2D eigenvalue weighted by molar-refractivity contribution is 6.09. The van der Waals surface area contributed by atoms with E-state index in [1.165, 1.54) is 49.7 Å². The van der Waals surface area contributed by atoms with Crippen LogP contribution in [0, 0.1) is 0 Å². The number of hydrogen-bond acceptors (Lipinski definition) is 2. The van der Waals surface area contributed by atoms with E-state index in [0.29, 0.717) is 0 Å². The summed E-state index contributed by atoms with van der Waals surface area (Å²) >= 11 is 0. The maximum Gasteiger partial charge on any atom is 0.143 e. The molecule has 0 saturated carbocycles. The van der Waals surface area contributed by atoms with Crippen LogP contribution in [-0.4, -0.2) is 0 Å². The van der Waals surface area contributed by atoms with Crippen molar-refractivity contribution in [3.05, 3.63) is 261 Å². The Kier molecular flexibility index (Phi) is 9.89. The molecule has 0 N–H and O–H groups in total. The van der Waals surface area contributed by atoms with E-state index in [-0.39, 0.29) is 0 Å². The molecule has 1 aromatic heterocycles. The van der Waals surface area contributed by atoms with Gasteiger partial charge in [-0.25, -0.2) is 0 Å². The normalized spacial score (nSPS) is 11.3. The highest BCUT2D eigenvalue weighted by Gasteiger charge is 2.22. The number of rotatable bonds is 9. The largest absolute Gasteiger partial charge is 0.455 e. The van der Waals surface area contributed by atoms with Gasteiger partial charge in [-0.1, -0.05) is 212 Å². The van der Waals surface area contributed by atoms with Crippen molar-refractivity contribution in [3.8, 4) is 66.8 Å². The molecular formula is C64H43NO. The predicted octanol–water partition coefficient (Wildman–Crippen LogP) is 18.2. The van der Waals surface area contributed by atoms with Crippen LogP contribution in [0.15, 0.2) is 265 Å². The van der Waals surface area contributed by atoms with Crippen molar-refractivity contribution in [2.45, 2.75) is 0 Å². The van der Waals surface area contributed by atoms with Gasteiger partial charge in [-0.15, -0.1) is 0 Å². The lowest BCUT2D eigenvalue weighted by Gasteiger charge is -2.29. The topological polar surface area (TPSA) is 16.4 Å². The van der Waals surface area contributed by atoms with Crippen LogP contribution in [0.5, 0.6) is 0 Å². The predicted molar refractivity (Wildman–Crippen MR) is 279 cm³/mol. The third-order valence-electron chi connectivity index (χ3n) is 12.9. The number of para-hydroxylation sites is 3.